The van der Waals surface area contributed by atoms with E-state index in [0.717, 1.165) is 0 Å². The van der Waals surface area contributed by atoms with E-state index in [1.165, 1.54) is 38.5 Å². The molecule has 3 heteroatoms. The highest BCUT2D eigenvalue weighted by Gasteiger charge is 1.95. The fraction of sp³-hybridized carbons (Fsp3) is 0.259. The largest absolute Gasteiger partial charge is 0.265 e. The quantitative estimate of drug-likeness (QED) is 0.285. The summed E-state index contributed by atoms with van der Waals surface area (Å²) in [4.78, 5) is 7.57. The van der Waals surface area contributed by atoms with Crippen LogP contribution in [0.1, 0.15) is 46.0 Å². The van der Waals surface area contributed by atoms with Crippen molar-refractivity contribution >= 4 is 11.3 Å². The third kappa shape index (κ3) is 21.5. The maximum atomic E-state index is 3.78. The zero-order valence-electron chi connectivity index (χ0n) is 17.1. The van der Waals surface area contributed by atoms with Crippen LogP contribution in [0.5, 0.6) is 0 Å². The summed E-state index contributed by atoms with van der Waals surface area (Å²) in [6.45, 7) is 0. The molecule has 0 unspecified atom stereocenters. The minimum atomic E-state index is 0. The SMILES string of the molecule is C.C1CCCCC1.c1ccccc1.c1ccncc1.c1ccncc1.c1ccsc1. The number of pyridine rings is 2. The van der Waals surface area contributed by atoms with Crippen LogP contribution < -0.4 is 0 Å². The van der Waals surface area contributed by atoms with Crippen molar-refractivity contribution < 1.29 is 0 Å². The number of benzene rings is 1. The van der Waals surface area contributed by atoms with E-state index in [1.807, 2.05) is 95.7 Å². The number of hydrogen-bond acceptors (Lipinski definition) is 3. The van der Waals surface area contributed by atoms with Crippen molar-refractivity contribution in [3.8, 4) is 0 Å². The third-order valence-corrected chi connectivity index (χ3v) is 4.35. The lowest BCUT2D eigenvalue weighted by Gasteiger charge is -2.05. The van der Waals surface area contributed by atoms with Crippen LogP contribution in [0.15, 0.2) is 120 Å². The fourth-order valence-electron chi connectivity index (χ4n) is 2.30. The van der Waals surface area contributed by atoms with E-state index in [9.17, 15) is 0 Å². The van der Waals surface area contributed by atoms with Gasteiger partial charge in [-0.1, -0.05) is 107 Å². The Bertz CT molecular complexity index is 529. The zero-order valence-corrected chi connectivity index (χ0v) is 17.9. The maximum Gasteiger partial charge on any atom is 0.0267 e. The van der Waals surface area contributed by atoms with Gasteiger partial charge in [0.1, 0.15) is 0 Å². The number of aromatic nitrogens is 2. The molecule has 2 nitrogen and oxygen atoms in total. The average Bonchev–Trinajstić information content (AvgIpc) is 3.45. The molecule has 0 spiro atoms. The normalized spacial score (nSPS) is 10.9. The first-order valence-electron chi connectivity index (χ1n) is 10.2. The first-order chi connectivity index (χ1) is 14.5. The van der Waals surface area contributed by atoms with Gasteiger partial charge in [0.2, 0.25) is 0 Å². The molecule has 1 aromatic carbocycles. The summed E-state index contributed by atoms with van der Waals surface area (Å²) in [6, 6.07) is 27.5. The lowest BCUT2D eigenvalue weighted by Crippen LogP contribution is -1.85. The second-order valence-electron chi connectivity index (χ2n) is 6.12. The van der Waals surface area contributed by atoms with Gasteiger partial charge in [-0.05, 0) is 35.0 Å². The van der Waals surface area contributed by atoms with Crippen molar-refractivity contribution in [1.29, 1.82) is 0 Å². The minimum Gasteiger partial charge on any atom is -0.265 e. The average molecular weight is 421 g/mol. The van der Waals surface area contributed by atoms with Gasteiger partial charge in [0.05, 0.1) is 0 Å². The molecule has 1 aliphatic carbocycles. The zero-order chi connectivity index (χ0) is 20.5. The molecule has 0 radical (unpaired) electrons. The van der Waals surface area contributed by atoms with Gasteiger partial charge in [0, 0.05) is 24.8 Å². The molecule has 0 aliphatic heterocycles. The second kappa shape index (κ2) is 24.3. The van der Waals surface area contributed by atoms with Crippen molar-refractivity contribution in [3.63, 3.8) is 0 Å². The molecule has 1 aliphatic rings. The minimum absolute atomic E-state index is 0. The smallest absolute Gasteiger partial charge is 0.0267 e. The fourth-order valence-corrected chi connectivity index (χ4v) is 2.75. The third-order valence-electron chi connectivity index (χ3n) is 3.73. The predicted octanol–water partition coefficient (Wildman–Crippen LogP) is 8.57. The van der Waals surface area contributed by atoms with Gasteiger partial charge < -0.3 is 0 Å². The van der Waals surface area contributed by atoms with E-state index in [4.69, 9.17) is 0 Å². The first-order valence-corrected chi connectivity index (χ1v) is 11.1. The summed E-state index contributed by atoms with van der Waals surface area (Å²) in [7, 11) is 0. The Kier molecular flexibility index (Phi) is 22.0. The molecule has 0 bridgehead atoms. The molecule has 160 valence electrons. The molecule has 0 atom stereocenters. The number of nitrogens with zero attached hydrogens (tertiary/aromatic N) is 2. The predicted molar refractivity (Wildman–Crippen MR) is 134 cm³/mol. The highest BCUT2D eigenvalue weighted by molar-refractivity contribution is 7.07. The first kappa shape index (κ1) is 27.2. The van der Waals surface area contributed by atoms with Crippen LogP contribution in [0.25, 0.3) is 0 Å². The topological polar surface area (TPSA) is 25.8 Å². The Balaban J connectivity index is 0.000000348. The van der Waals surface area contributed by atoms with Crippen LogP contribution in [0.2, 0.25) is 0 Å². The maximum absolute atomic E-state index is 3.78. The molecular formula is C27H36N2S. The van der Waals surface area contributed by atoms with Gasteiger partial charge in [-0.2, -0.15) is 11.3 Å². The standard InChI is InChI=1S/C6H12.C6H6.2C5H5N.C4H4S.CH4/c4*1-2-4-6-5-3-1;1-2-4-5-3-1;/h1-6H2;1-6H;2*1-5H;1-4H;1H4. The van der Waals surface area contributed by atoms with Crippen molar-refractivity contribution in [3.05, 3.63) is 120 Å². The summed E-state index contributed by atoms with van der Waals surface area (Å²) < 4.78 is 0. The van der Waals surface area contributed by atoms with Crippen molar-refractivity contribution in [1.82, 2.24) is 9.97 Å². The molecule has 0 saturated heterocycles. The van der Waals surface area contributed by atoms with Crippen LogP contribution in [-0.4, -0.2) is 9.97 Å². The van der Waals surface area contributed by atoms with E-state index in [0.29, 0.717) is 0 Å². The Labute approximate surface area is 187 Å². The molecule has 0 N–H and O–H groups in total. The Morgan fingerprint density at radius 1 is 0.367 bits per heavy atom. The summed E-state index contributed by atoms with van der Waals surface area (Å²) in [5.74, 6) is 0. The highest BCUT2D eigenvalue weighted by atomic mass is 32.1. The highest BCUT2D eigenvalue weighted by Crippen LogP contribution is 2.15. The monoisotopic (exact) mass is 420 g/mol. The molecule has 4 aromatic rings. The van der Waals surface area contributed by atoms with Crippen molar-refractivity contribution in [2.24, 2.45) is 0 Å². The van der Waals surface area contributed by atoms with E-state index < -0.39 is 0 Å². The number of rotatable bonds is 0. The van der Waals surface area contributed by atoms with Crippen LogP contribution >= 0.6 is 11.3 Å². The molecule has 1 fully saturated rings. The number of thiophene rings is 1. The van der Waals surface area contributed by atoms with E-state index >= 15 is 0 Å². The van der Waals surface area contributed by atoms with Crippen molar-refractivity contribution in [2.75, 3.05) is 0 Å². The van der Waals surface area contributed by atoms with Gasteiger partial charge in [-0.3, -0.25) is 9.97 Å². The second-order valence-corrected chi connectivity index (χ2v) is 6.93. The summed E-state index contributed by atoms with van der Waals surface area (Å²) in [5, 5.41) is 4.08. The molecular weight excluding hydrogens is 384 g/mol. The van der Waals surface area contributed by atoms with Gasteiger partial charge in [0.15, 0.2) is 0 Å². The molecule has 1 saturated carbocycles. The Hall–Kier alpha value is -2.78. The lowest BCUT2D eigenvalue weighted by atomic mass is 10.0. The molecule has 0 amide bonds. The summed E-state index contributed by atoms with van der Waals surface area (Å²) >= 11 is 1.71. The van der Waals surface area contributed by atoms with E-state index in [2.05, 4.69) is 9.97 Å². The molecule has 3 heterocycles. The number of hydrogen-bond donors (Lipinski definition) is 0. The molecule has 3 aromatic heterocycles. The summed E-state index contributed by atoms with van der Waals surface area (Å²) in [6.07, 6.45) is 16.0. The molecule has 5 rings (SSSR count). The lowest BCUT2D eigenvalue weighted by molar-refractivity contribution is 0.504. The van der Waals surface area contributed by atoms with Crippen molar-refractivity contribution in [2.45, 2.75) is 46.0 Å². The van der Waals surface area contributed by atoms with Crippen LogP contribution in [0, 0.1) is 0 Å². The van der Waals surface area contributed by atoms with Crippen LogP contribution in [0.3, 0.4) is 0 Å². The summed E-state index contributed by atoms with van der Waals surface area (Å²) in [5.41, 5.74) is 0. The van der Waals surface area contributed by atoms with E-state index in [-0.39, 0.29) is 7.43 Å². The van der Waals surface area contributed by atoms with Gasteiger partial charge in [-0.25, -0.2) is 0 Å². The van der Waals surface area contributed by atoms with Crippen LogP contribution in [0.4, 0.5) is 0 Å². The van der Waals surface area contributed by atoms with Gasteiger partial charge in [0.25, 0.3) is 0 Å². The van der Waals surface area contributed by atoms with Gasteiger partial charge >= 0.3 is 0 Å². The van der Waals surface area contributed by atoms with E-state index in [1.54, 1.807) is 36.1 Å². The Morgan fingerprint density at radius 2 is 0.633 bits per heavy atom. The molecule has 30 heavy (non-hydrogen) atoms. The Morgan fingerprint density at radius 3 is 0.767 bits per heavy atom. The van der Waals surface area contributed by atoms with Gasteiger partial charge in [-0.15, -0.1) is 0 Å². The van der Waals surface area contributed by atoms with Crippen LogP contribution in [-0.2, 0) is 0 Å².